The molecular formula is C18H20N2O3. The SMILES string of the molecule is Cc1ccc(CC(C)N(C)C(=O)c2ccc(C(=O)O)nc2)cc1. The molecule has 5 nitrogen and oxygen atoms in total. The molecule has 0 spiro atoms. The Morgan fingerprint density at radius 2 is 1.83 bits per heavy atom. The van der Waals surface area contributed by atoms with Crippen LogP contribution in [0.25, 0.3) is 0 Å². The fraction of sp³-hybridized carbons (Fsp3) is 0.278. The fourth-order valence-electron chi connectivity index (χ4n) is 2.25. The predicted octanol–water partition coefficient (Wildman–Crippen LogP) is 2.79. The molecule has 1 aromatic carbocycles. The molecule has 0 saturated carbocycles. The van der Waals surface area contributed by atoms with Crippen molar-refractivity contribution in [3.05, 3.63) is 65.0 Å². The van der Waals surface area contributed by atoms with E-state index in [-0.39, 0.29) is 17.6 Å². The van der Waals surface area contributed by atoms with Crippen LogP contribution in [-0.2, 0) is 6.42 Å². The lowest BCUT2D eigenvalue weighted by molar-refractivity contribution is 0.0686. The molecule has 2 rings (SSSR count). The van der Waals surface area contributed by atoms with E-state index in [1.165, 1.54) is 29.5 Å². The molecule has 1 atom stereocenters. The maximum absolute atomic E-state index is 12.5. The van der Waals surface area contributed by atoms with Crippen LogP contribution in [0.5, 0.6) is 0 Å². The third kappa shape index (κ3) is 4.16. The molecule has 0 aliphatic heterocycles. The van der Waals surface area contributed by atoms with Gasteiger partial charge >= 0.3 is 5.97 Å². The number of aryl methyl sites for hydroxylation is 1. The largest absolute Gasteiger partial charge is 0.477 e. The minimum Gasteiger partial charge on any atom is -0.477 e. The van der Waals surface area contributed by atoms with Crippen LogP contribution in [0.2, 0.25) is 0 Å². The van der Waals surface area contributed by atoms with E-state index in [0.29, 0.717) is 5.56 Å². The summed E-state index contributed by atoms with van der Waals surface area (Å²) in [7, 11) is 1.74. The van der Waals surface area contributed by atoms with Gasteiger partial charge in [0.15, 0.2) is 0 Å². The van der Waals surface area contributed by atoms with Gasteiger partial charge in [-0.25, -0.2) is 9.78 Å². The summed E-state index contributed by atoms with van der Waals surface area (Å²) >= 11 is 0. The number of carboxylic acid groups (broad SMARTS) is 1. The molecule has 0 aliphatic rings. The van der Waals surface area contributed by atoms with Gasteiger partial charge in [0.2, 0.25) is 0 Å². The molecule has 1 amide bonds. The molecule has 0 bridgehead atoms. The summed E-state index contributed by atoms with van der Waals surface area (Å²) in [5, 5.41) is 8.84. The second kappa shape index (κ2) is 7.05. The molecule has 0 aliphatic carbocycles. The molecule has 0 saturated heterocycles. The zero-order valence-corrected chi connectivity index (χ0v) is 13.5. The number of rotatable bonds is 5. The number of benzene rings is 1. The number of pyridine rings is 1. The van der Waals surface area contributed by atoms with Crippen molar-refractivity contribution in [2.24, 2.45) is 0 Å². The second-order valence-corrected chi connectivity index (χ2v) is 5.69. The number of carboxylic acids is 1. The number of aromatic carboxylic acids is 1. The number of amides is 1. The van der Waals surface area contributed by atoms with Crippen molar-refractivity contribution in [1.82, 2.24) is 9.88 Å². The Hall–Kier alpha value is -2.69. The van der Waals surface area contributed by atoms with Crippen LogP contribution in [0.15, 0.2) is 42.6 Å². The predicted molar refractivity (Wildman–Crippen MR) is 87.6 cm³/mol. The lowest BCUT2D eigenvalue weighted by Gasteiger charge is -2.25. The van der Waals surface area contributed by atoms with Crippen molar-refractivity contribution in [3.63, 3.8) is 0 Å². The maximum atomic E-state index is 12.5. The van der Waals surface area contributed by atoms with E-state index in [2.05, 4.69) is 29.2 Å². The first-order valence-corrected chi connectivity index (χ1v) is 7.40. The minimum absolute atomic E-state index is 0.0179. The Labute approximate surface area is 135 Å². The molecule has 0 radical (unpaired) electrons. The van der Waals surface area contributed by atoms with Gasteiger partial charge in [-0.2, -0.15) is 0 Å². The normalized spacial score (nSPS) is 11.8. The lowest BCUT2D eigenvalue weighted by Crippen LogP contribution is -2.36. The van der Waals surface area contributed by atoms with Gasteiger partial charge in [0.25, 0.3) is 5.91 Å². The van der Waals surface area contributed by atoms with Crippen molar-refractivity contribution in [1.29, 1.82) is 0 Å². The number of hydrogen-bond acceptors (Lipinski definition) is 3. The van der Waals surface area contributed by atoms with E-state index in [4.69, 9.17) is 5.11 Å². The standard InChI is InChI=1S/C18H20N2O3/c1-12-4-6-14(7-5-12)10-13(2)20(3)17(21)15-8-9-16(18(22)23)19-11-15/h4-9,11,13H,10H2,1-3H3,(H,22,23). The molecule has 120 valence electrons. The highest BCUT2D eigenvalue weighted by Gasteiger charge is 2.18. The highest BCUT2D eigenvalue weighted by Crippen LogP contribution is 2.12. The molecule has 1 N–H and O–H groups in total. The Kier molecular flexibility index (Phi) is 5.11. The zero-order chi connectivity index (χ0) is 17.0. The highest BCUT2D eigenvalue weighted by atomic mass is 16.4. The van der Waals surface area contributed by atoms with Crippen molar-refractivity contribution in [3.8, 4) is 0 Å². The van der Waals surface area contributed by atoms with Crippen molar-refractivity contribution in [2.75, 3.05) is 7.05 Å². The van der Waals surface area contributed by atoms with E-state index in [9.17, 15) is 9.59 Å². The summed E-state index contributed by atoms with van der Waals surface area (Å²) in [6.45, 7) is 4.02. The molecular weight excluding hydrogens is 292 g/mol. The average molecular weight is 312 g/mol. The second-order valence-electron chi connectivity index (χ2n) is 5.69. The third-order valence-electron chi connectivity index (χ3n) is 3.86. The third-order valence-corrected chi connectivity index (χ3v) is 3.86. The first-order chi connectivity index (χ1) is 10.9. The van der Waals surface area contributed by atoms with Crippen LogP contribution in [0, 0.1) is 6.92 Å². The molecule has 1 heterocycles. The Morgan fingerprint density at radius 3 is 2.35 bits per heavy atom. The molecule has 0 fully saturated rings. The van der Waals surface area contributed by atoms with Gasteiger partial charge in [-0.15, -0.1) is 0 Å². The van der Waals surface area contributed by atoms with Crippen molar-refractivity contribution in [2.45, 2.75) is 26.3 Å². The Morgan fingerprint density at radius 1 is 1.17 bits per heavy atom. The van der Waals surface area contributed by atoms with Gasteiger partial charge in [-0.1, -0.05) is 29.8 Å². The smallest absolute Gasteiger partial charge is 0.354 e. The van der Waals surface area contributed by atoms with Crippen LogP contribution in [0.3, 0.4) is 0 Å². The summed E-state index contributed by atoms with van der Waals surface area (Å²) in [6, 6.07) is 11.1. The molecule has 5 heteroatoms. The van der Waals surface area contributed by atoms with Crippen LogP contribution in [-0.4, -0.2) is 40.0 Å². The van der Waals surface area contributed by atoms with E-state index in [1.807, 2.05) is 13.8 Å². The first-order valence-electron chi connectivity index (χ1n) is 7.40. The van der Waals surface area contributed by atoms with Crippen LogP contribution >= 0.6 is 0 Å². The topological polar surface area (TPSA) is 70.5 Å². The number of carbonyl (C=O) groups excluding carboxylic acids is 1. The molecule has 1 aromatic heterocycles. The minimum atomic E-state index is -1.11. The fourth-order valence-corrected chi connectivity index (χ4v) is 2.25. The summed E-state index contributed by atoms with van der Waals surface area (Å²) < 4.78 is 0. The number of carbonyl (C=O) groups is 2. The first kappa shape index (κ1) is 16.7. The highest BCUT2D eigenvalue weighted by molar-refractivity contribution is 5.94. The zero-order valence-electron chi connectivity index (χ0n) is 13.5. The van der Waals surface area contributed by atoms with Gasteiger partial charge in [0.1, 0.15) is 5.69 Å². The summed E-state index contributed by atoms with van der Waals surface area (Å²) in [4.78, 5) is 28.7. The van der Waals surface area contributed by atoms with Gasteiger partial charge in [-0.3, -0.25) is 4.79 Å². The monoisotopic (exact) mass is 312 g/mol. The van der Waals surface area contributed by atoms with E-state index >= 15 is 0 Å². The van der Waals surface area contributed by atoms with Crippen molar-refractivity contribution < 1.29 is 14.7 Å². The van der Waals surface area contributed by atoms with Gasteiger partial charge in [0.05, 0.1) is 5.56 Å². The van der Waals surface area contributed by atoms with Crippen LogP contribution in [0.4, 0.5) is 0 Å². The summed E-state index contributed by atoms with van der Waals surface area (Å²) in [5.41, 5.74) is 2.68. The van der Waals surface area contributed by atoms with Gasteiger partial charge in [-0.05, 0) is 38.0 Å². The number of nitrogens with zero attached hydrogens (tertiary/aromatic N) is 2. The quantitative estimate of drug-likeness (QED) is 0.921. The lowest BCUT2D eigenvalue weighted by atomic mass is 10.0. The Balaban J connectivity index is 2.05. The number of likely N-dealkylation sites (N-methyl/N-ethyl adjacent to an activating group) is 1. The van der Waals surface area contributed by atoms with Crippen molar-refractivity contribution >= 4 is 11.9 Å². The molecule has 23 heavy (non-hydrogen) atoms. The van der Waals surface area contributed by atoms with Gasteiger partial charge in [0, 0.05) is 19.3 Å². The van der Waals surface area contributed by atoms with Gasteiger partial charge < -0.3 is 10.0 Å². The van der Waals surface area contributed by atoms with Crippen LogP contribution in [0.1, 0.15) is 38.9 Å². The summed E-state index contributed by atoms with van der Waals surface area (Å²) in [6.07, 6.45) is 2.06. The van der Waals surface area contributed by atoms with E-state index in [0.717, 1.165) is 6.42 Å². The van der Waals surface area contributed by atoms with E-state index < -0.39 is 5.97 Å². The van der Waals surface area contributed by atoms with E-state index in [1.54, 1.807) is 11.9 Å². The average Bonchev–Trinajstić information content (AvgIpc) is 2.55. The maximum Gasteiger partial charge on any atom is 0.354 e. The number of aromatic nitrogens is 1. The van der Waals surface area contributed by atoms with Crippen LogP contribution < -0.4 is 0 Å². The Bertz CT molecular complexity index is 693. The number of hydrogen-bond donors (Lipinski definition) is 1. The molecule has 2 aromatic rings. The summed E-state index contributed by atoms with van der Waals surface area (Å²) in [5.74, 6) is -1.28. The molecule has 1 unspecified atom stereocenters.